The predicted molar refractivity (Wildman–Crippen MR) is 88.8 cm³/mol. The third kappa shape index (κ3) is 5.33. The second kappa shape index (κ2) is 7.28. The lowest BCUT2D eigenvalue weighted by Crippen LogP contribution is -2.42. The second-order valence-electron chi connectivity index (χ2n) is 7.36. The van der Waals surface area contributed by atoms with Crippen molar-refractivity contribution in [1.82, 2.24) is 0 Å². The van der Waals surface area contributed by atoms with E-state index in [2.05, 4.69) is 46.8 Å². The summed E-state index contributed by atoms with van der Waals surface area (Å²) in [5.74, 6) is 1.29. The fourth-order valence-electron chi connectivity index (χ4n) is 2.37. The van der Waals surface area contributed by atoms with E-state index in [1.165, 1.54) is 5.56 Å². The van der Waals surface area contributed by atoms with Crippen LogP contribution >= 0.6 is 0 Å². The van der Waals surface area contributed by atoms with Gasteiger partial charge in [0.2, 0.25) is 0 Å². The minimum Gasteiger partial charge on any atom is -0.486 e. The lowest BCUT2D eigenvalue weighted by atomic mass is 9.86. The molecule has 21 heavy (non-hydrogen) atoms. The molecule has 0 aliphatic heterocycles. The van der Waals surface area contributed by atoms with Gasteiger partial charge in [-0.05, 0) is 41.9 Å². The largest absolute Gasteiger partial charge is 0.486 e. The molecule has 3 N–H and O–H groups in total. The fourth-order valence-corrected chi connectivity index (χ4v) is 2.37. The lowest BCUT2D eigenvalue weighted by Gasteiger charge is -2.26. The van der Waals surface area contributed by atoms with Crippen LogP contribution in [0.2, 0.25) is 0 Å². The molecule has 0 amide bonds. The molecule has 3 heteroatoms. The van der Waals surface area contributed by atoms with Gasteiger partial charge in [-0.3, -0.25) is 0 Å². The molecule has 0 aromatic heterocycles. The van der Waals surface area contributed by atoms with E-state index in [4.69, 9.17) is 10.5 Å². The Kier molecular flexibility index (Phi) is 6.24. The van der Waals surface area contributed by atoms with Crippen molar-refractivity contribution >= 4 is 0 Å². The van der Waals surface area contributed by atoms with E-state index in [0.29, 0.717) is 5.92 Å². The standard InChI is InChI=1S/C18H31NO2/c1-12(2)9-15(19)17(11-20)21-16-8-7-14(10-13(16)3)18(4,5)6/h7-8,10,12,15,17,20H,9,11,19H2,1-6H3. The summed E-state index contributed by atoms with van der Waals surface area (Å²) in [7, 11) is 0. The van der Waals surface area contributed by atoms with Crippen molar-refractivity contribution in [3.8, 4) is 5.75 Å². The van der Waals surface area contributed by atoms with Gasteiger partial charge in [0.25, 0.3) is 0 Å². The summed E-state index contributed by atoms with van der Waals surface area (Å²) in [6.07, 6.45) is 0.483. The van der Waals surface area contributed by atoms with Crippen molar-refractivity contribution in [3.05, 3.63) is 29.3 Å². The van der Waals surface area contributed by atoms with Gasteiger partial charge in [-0.1, -0.05) is 46.8 Å². The number of benzene rings is 1. The van der Waals surface area contributed by atoms with E-state index in [9.17, 15) is 5.11 Å². The second-order valence-corrected chi connectivity index (χ2v) is 7.36. The number of nitrogens with two attached hydrogens (primary N) is 1. The van der Waals surface area contributed by atoms with Gasteiger partial charge in [0.1, 0.15) is 11.9 Å². The summed E-state index contributed by atoms with van der Waals surface area (Å²) >= 11 is 0. The number of hydrogen-bond acceptors (Lipinski definition) is 3. The zero-order chi connectivity index (χ0) is 16.2. The van der Waals surface area contributed by atoms with Gasteiger partial charge in [0, 0.05) is 6.04 Å². The van der Waals surface area contributed by atoms with Crippen molar-refractivity contribution in [2.45, 2.75) is 65.5 Å². The van der Waals surface area contributed by atoms with Gasteiger partial charge < -0.3 is 15.6 Å². The van der Waals surface area contributed by atoms with Crippen LogP contribution in [0.5, 0.6) is 5.75 Å². The Labute approximate surface area is 129 Å². The highest BCUT2D eigenvalue weighted by Gasteiger charge is 2.21. The van der Waals surface area contributed by atoms with Gasteiger partial charge in [0.05, 0.1) is 6.61 Å². The molecule has 0 radical (unpaired) electrons. The highest BCUT2D eigenvalue weighted by molar-refractivity contribution is 5.39. The Morgan fingerprint density at radius 1 is 1.24 bits per heavy atom. The first-order valence-electron chi connectivity index (χ1n) is 7.79. The molecule has 0 bridgehead atoms. The Morgan fingerprint density at radius 2 is 1.86 bits per heavy atom. The van der Waals surface area contributed by atoms with Gasteiger partial charge >= 0.3 is 0 Å². The van der Waals surface area contributed by atoms with Crippen LogP contribution in [-0.2, 0) is 5.41 Å². The highest BCUT2D eigenvalue weighted by atomic mass is 16.5. The summed E-state index contributed by atoms with van der Waals surface area (Å²) in [5, 5.41) is 9.54. The third-order valence-electron chi connectivity index (χ3n) is 3.72. The lowest BCUT2D eigenvalue weighted by molar-refractivity contribution is 0.0875. The Balaban J connectivity index is 2.86. The van der Waals surface area contributed by atoms with Gasteiger partial charge in [-0.25, -0.2) is 0 Å². The van der Waals surface area contributed by atoms with Crippen LogP contribution in [0.25, 0.3) is 0 Å². The van der Waals surface area contributed by atoms with E-state index < -0.39 is 0 Å². The van der Waals surface area contributed by atoms with Crippen molar-refractivity contribution in [2.75, 3.05) is 6.61 Å². The van der Waals surface area contributed by atoms with Crippen LogP contribution in [0.4, 0.5) is 0 Å². The van der Waals surface area contributed by atoms with E-state index in [-0.39, 0.29) is 24.2 Å². The summed E-state index contributed by atoms with van der Waals surface area (Å²) in [4.78, 5) is 0. The SMILES string of the molecule is Cc1cc(C(C)(C)C)ccc1OC(CO)C(N)CC(C)C. The monoisotopic (exact) mass is 293 g/mol. The number of aliphatic hydroxyl groups is 1. The molecule has 0 saturated carbocycles. The molecule has 2 atom stereocenters. The summed E-state index contributed by atoms with van der Waals surface area (Å²) in [6, 6.07) is 6.07. The molecule has 2 unspecified atom stereocenters. The Morgan fingerprint density at radius 3 is 2.29 bits per heavy atom. The van der Waals surface area contributed by atoms with Crippen LogP contribution in [0.1, 0.15) is 52.2 Å². The fraction of sp³-hybridized carbons (Fsp3) is 0.667. The van der Waals surface area contributed by atoms with Crippen LogP contribution in [0, 0.1) is 12.8 Å². The van der Waals surface area contributed by atoms with Crippen molar-refractivity contribution in [2.24, 2.45) is 11.7 Å². The van der Waals surface area contributed by atoms with E-state index in [1.807, 2.05) is 13.0 Å². The molecule has 1 aromatic carbocycles. The zero-order valence-corrected chi connectivity index (χ0v) is 14.3. The molecule has 1 aromatic rings. The van der Waals surface area contributed by atoms with E-state index >= 15 is 0 Å². The van der Waals surface area contributed by atoms with Crippen LogP contribution in [0.3, 0.4) is 0 Å². The summed E-state index contributed by atoms with van der Waals surface area (Å²) in [5.41, 5.74) is 8.62. The van der Waals surface area contributed by atoms with Crippen LogP contribution < -0.4 is 10.5 Å². The molecule has 3 nitrogen and oxygen atoms in total. The smallest absolute Gasteiger partial charge is 0.137 e. The topological polar surface area (TPSA) is 55.5 Å². The molecule has 1 rings (SSSR count). The summed E-state index contributed by atoms with van der Waals surface area (Å²) in [6.45, 7) is 12.8. The number of rotatable bonds is 6. The molecule has 0 saturated heterocycles. The first-order chi connectivity index (χ1) is 9.65. The number of aryl methyl sites for hydroxylation is 1. The number of hydrogen-bond donors (Lipinski definition) is 2. The van der Waals surface area contributed by atoms with Gasteiger partial charge in [0.15, 0.2) is 0 Å². The van der Waals surface area contributed by atoms with Crippen molar-refractivity contribution in [1.29, 1.82) is 0 Å². The maximum absolute atomic E-state index is 9.54. The van der Waals surface area contributed by atoms with Crippen molar-refractivity contribution in [3.63, 3.8) is 0 Å². The number of ether oxygens (including phenoxy) is 1. The van der Waals surface area contributed by atoms with E-state index in [0.717, 1.165) is 17.7 Å². The minimum atomic E-state index is -0.355. The van der Waals surface area contributed by atoms with Gasteiger partial charge in [-0.15, -0.1) is 0 Å². The number of aliphatic hydroxyl groups excluding tert-OH is 1. The maximum Gasteiger partial charge on any atom is 0.137 e. The zero-order valence-electron chi connectivity index (χ0n) is 14.3. The molecular formula is C18H31NO2. The first kappa shape index (κ1) is 18.0. The Hall–Kier alpha value is -1.06. The maximum atomic E-state index is 9.54. The molecule has 0 aliphatic rings. The minimum absolute atomic E-state index is 0.0612. The average molecular weight is 293 g/mol. The normalized spacial score (nSPS) is 15.1. The molecule has 120 valence electrons. The molecule has 0 spiro atoms. The van der Waals surface area contributed by atoms with Crippen LogP contribution in [0.15, 0.2) is 18.2 Å². The van der Waals surface area contributed by atoms with E-state index in [1.54, 1.807) is 0 Å². The third-order valence-corrected chi connectivity index (χ3v) is 3.72. The van der Waals surface area contributed by atoms with Crippen LogP contribution in [-0.4, -0.2) is 23.9 Å². The average Bonchev–Trinajstić information content (AvgIpc) is 2.35. The first-order valence-corrected chi connectivity index (χ1v) is 7.79. The molecule has 0 aliphatic carbocycles. The van der Waals surface area contributed by atoms with Gasteiger partial charge in [-0.2, -0.15) is 0 Å². The quantitative estimate of drug-likeness (QED) is 0.845. The molecule has 0 fully saturated rings. The van der Waals surface area contributed by atoms with Crippen molar-refractivity contribution < 1.29 is 9.84 Å². The molecule has 0 heterocycles. The predicted octanol–water partition coefficient (Wildman–Crippen LogP) is 3.41. The Bertz CT molecular complexity index is 449. The molecular weight excluding hydrogens is 262 g/mol. The highest BCUT2D eigenvalue weighted by Crippen LogP contribution is 2.28. The summed E-state index contributed by atoms with van der Waals surface area (Å²) < 4.78 is 5.95.